The summed E-state index contributed by atoms with van der Waals surface area (Å²) in [6.07, 6.45) is 5.92. The first kappa shape index (κ1) is 30.7. The van der Waals surface area contributed by atoms with Gasteiger partial charge in [-0.15, -0.1) is 6.58 Å². The molecule has 8 heteroatoms. The van der Waals surface area contributed by atoms with Crippen LogP contribution in [0.3, 0.4) is 0 Å². The Balaban J connectivity index is 0. The normalized spacial score (nSPS) is 15.0. The third kappa shape index (κ3) is 19.3. The SMILES string of the molecule is C=C(C)C(=O)NCCCN(C)C.C=C(C)C(=O)OCCO.C=CC1CCCCNC1=O. The number of hydrogen-bond acceptors (Lipinski definition) is 6. The average molecular weight is 440 g/mol. The number of aliphatic hydroxyl groups excluding tert-OH is 1. The number of aliphatic hydroxyl groups is 1. The van der Waals surface area contributed by atoms with Crippen LogP contribution in [0.1, 0.15) is 39.5 Å². The van der Waals surface area contributed by atoms with Gasteiger partial charge in [-0.05, 0) is 53.8 Å². The minimum absolute atomic E-state index is 0.0473. The summed E-state index contributed by atoms with van der Waals surface area (Å²) >= 11 is 0. The van der Waals surface area contributed by atoms with E-state index >= 15 is 0 Å². The molecule has 1 heterocycles. The Bertz CT molecular complexity index is 588. The largest absolute Gasteiger partial charge is 0.460 e. The fraction of sp³-hybridized carbons (Fsp3) is 0.609. The Morgan fingerprint density at radius 2 is 1.90 bits per heavy atom. The first-order chi connectivity index (χ1) is 14.6. The molecule has 178 valence electrons. The summed E-state index contributed by atoms with van der Waals surface area (Å²) in [5.74, 6) is -0.298. The van der Waals surface area contributed by atoms with Gasteiger partial charge >= 0.3 is 5.97 Å². The van der Waals surface area contributed by atoms with Crippen LogP contribution >= 0.6 is 0 Å². The number of carbonyl (C=O) groups is 3. The molecule has 0 aliphatic carbocycles. The lowest BCUT2D eigenvalue weighted by molar-refractivity contribution is -0.139. The van der Waals surface area contributed by atoms with E-state index in [1.165, 1.54) is 0 Å². The van der Waals surface area contributed by atoms with Crippen LogP contribution in [0.25, 0.3) is 0 Å². The molecule has 1 unspecified atom stereocenters. The summed E-state index contributed by atoms with van der Waals surface area (Å²) in [6, 6.07) is 0. The van der Waals surface area contributed by atoms with E-state index < -0.39 is 5.97 Å². The maximum Gasteiger partial charge on any atom is 0.333 e. The van der Waals surface area contributed by atoms with E-state index in [1.807, 2.05) is 14.1 Å². The van der Waals surface area contributed by atoms with Gasteiger partial charge in [-0.3, -0.25) is 9.59 Å². The maximum absolute atomic E-state index is 11.1. The molecule has 0 aromatic carbocycles. The monoisotopic (exact) mass is 439 g/mol. The summed E-state index contributed by atoms with van der Waals surface area (Å²) in [5.41, 5.74) is 0.920. The predicted octanol–water partition coefficient (Wildman–Crippen LogP) is 1.82. The van der Waals surface area contributed by atoms with Gasteiger partial charge in [0.15, 0.2) is 0 Å². The number of carbonyl (C=O) groups excluding carboxylic acids is 3. The number of esters is 1. The van der Waals surface area contributed by atoms with Gasteiger partial charge in [0, 0.05) is 24.2 Å². The molecule has 0 saturated carbocycles. The lowest BCUT2D eigenvalue weighted by Crippen LogP contribution is -2.27. The number of rotatable bonds is 9. The van der Waals surface area contributed by atoms with Gasteiger partial charge in [-0.25, -0.2) is 4.79 Å². The second-order valence-corrected chi connectivity index (χ2v) is 7.46. The topological polar surface area (TPSA) is 108 Å². The minimum Gasteiger partial charge on any atom is -0.460 e. The van der Waals surface area contributed by atoms with E-state index in [1.54, 1.807) is 19.9 Å². The zero-order valence-electron chi connectivity index (χ0n) is 19.7. The maximum atomic E-state index is 11.1. The van der Waals surface area contributed by atoms with E-state index in [4.69, 9.17) is 5.11 Å². The Hall–Kier alpha value is -2.45. The first-order valence-electron chi connectivity index (χ1n) is 10.5. The molecule has 1 atom stereocenters. The van der Waals surface area contributed by atoms with Crippen LogP contribution in [-0.4, -0.2) is 74.7 Å². The van der Waals surface area contributed by atoms with Crippen molar-refractivity contribution in [3.63, 3.8) is 0 Å². The molecular weight excluding hydrogens is 398 g/mol. The van der Waals surface area contributed by atoms with Crippen LogP contribution in [0.15, 0.2) is 37.0 Å². The van der Waals surface area contributed by atoms with Crippen LogP contribution in [0.4, 0.5) is 0 Å². The van der Waals surface area contributed by atoms with Crippen molar-refractivity contribution in [1.29, 1.82) is 0 Å². The van der Waals surface area contributed by atoms with Crippen LogP contribution in [0.5, 0.6) is 0 Å². The van der Waals surface area contributed by atoms with E-state index in [9.17, 15) is 14.4 Å². The molecule has 0 radical (unpaired) electrons. The highest BCUT2D eigenvalue weighted by atomic mass is 16.5. The second kappa shape index (κ2) is 19.5. The highest BCUT2D eigenvalue weighted by molar-refractivity contribution is 5.92. The van der Waals surface area contributed by atoms with E-state index in [-0.39, 0.29) is 30.9 Å². The first-order valence-corrected chi connectivity index (χ1v) is 10.5. The number of ether oxygens (including phenoxy) is 1. The van der Waals surface area contributed by atoms with Crippen molar-refractivity contribution in [2.24, 2.45) is 5.92 Å². The van der Waals surface area contributed by atoms with Gasteiger partial charge in [0.1, 0.15) is 6.61 Å². The Labute approximate surface area is 187 Å². The summed E-state index contributed by atoms with van der Waals surface area (Å²) < 4.78 is 4.46. The zero-order valence-corrected chi connectivity index (χ0v) is 19.7. The molecule has 1 rings (SSSR count). The Morgan fingerprint density at radius 1 is 1.26 bits per heavy atom. The average Bonchev–Trinajstić information content (AvgIpc) is 2.93. The summed E-state index contributed by atoms with van der Waals surface area (Å²) in [7, 11) is 4.03. The molecule has 2 amide bonds. The van der Waals surface area contributed by atoms with Crippen molar-refractivity contribution in [2.75, 3.05) is 46.9 Å². The molecule has 31 heavy (non-hydrogen) atoms. The Morgan fingerprint density at radius 3 is 2.39 bits per heavy atom. The summed E-state index contributed by atoms with van der Waals surface area (Å²) in [6.45, 7) is 16.2. The van der Waals surface area contributed by atoms with E-state index in [0.717, 1.165) is 45.3 Å². The van der Waals surface area contributed by atoms with Crippen LogP contribution in [0, 0.1) is 5.92 Å². The Kier molecular flexibility index (Phi) is 19.3. The zero-order chi connectivity index (χ0) is 24.2. The van der Waals surface area contributed by atoms with Crippen molar-refractivity contribution < 1.29 is 24.2 Å². The number of nitrogens with one attached hydrogen (secondary N) is 2. The van der Waals surface area contributed by atoms with Crippen molar-refractivity contribution in [1.82, 2.24) is 15.5 Å². The molecule has 8 nitrogen and oxygen atoms in total. The third-order valence-corrected chi connectivity index (χ3v) is 3.99. The third-order valence-electron chi connectivity index (χ3n) is 3.99. The fourth-order valence-electron chi connectivity index (χ4n) is 2.20. The molecule has 0 aromatic heterocycles. The van der Waals surface area contributed by atoms with Crippen molar-refractivity contribution in [3.8, 4) is 0 Å². The van der Waals surface area contributed by atoms with Crippen molar-refractivity contribution in [3.05, 3.63) is 37.0 Å². The molecule has 1 fully saturated rings. The minimum atomic E-state index is -0.455. The fourth-order valence-corrected chi connectivity index (χ4v) is 2.20. The lowest BCUT2D eigenvalue weighted by atomic mass is 10.0. The summed E-state index contributed by atoms with van der Waals surface area (Å²) in [5, 5.41) is 13.8. The van der Waals surface area contributed by atoms with Crippen LogP contribution < -0.4 is 10.6 Å². The highest BCUT2D eigenvalue weighted by Crippen LogP contribution is 2.12. The molecule has 0 aromatic rings. The van der Waals surface area contributed by atoms with E-state index in [0.29, 0.717) is 11.1 Å². The van der Waals surface area contributed by atoms with Crippen LogP contribution in [-0.2, 0) is 19.1 Å². The highest BCUT2D eigenvalue weighted by Gasteiger charge is 2.16. The molecule has 3 N–H and O–H groups in total. The molecule has 0 bridgehead atoms. The van der Waals surface area contributed by atoms with Gasteiger partial charge in [0.05, 0.1) is 12.5 Å². The van der Waals surface area contributed by atoms with Crippen LogP contribution in [0.2, 0.25) is 0 Å². The van der Waals surface area contributed by atoms with Crippen molar-refractivity contribution in [2.45, 2.75) is 39.5 Å². The molecular formula is C23H41N3O5. The number of amides is 2. The lowest BCUT2D eigenvalue weighted by Gasteiger charge is -2.09. The standard InChI is InChI=1S/C9H18N2O.C8H13NO.C6H10O3/c1-8(2)9(12)10-6-5-7-11(3)4;1-2-7-5-3-4-6-9-8(7)10;1-5(2)6(8)9-4-3-7/h1,5-7H2,2-4H3,(H,10,12);2,7H,1,3-6H2,(H,9,10);7H,1,3-4H2,2H3. The smallest absolute Gasteiger partial charge is 0.333 e. The van der Waals surface area contributed by atoms with Gasteiger partial charge < -0.3 is 25.4 Å². The van der Waals surface area contributed by atoms with Gasteiger partial charge in [-0.2, -0.15) is 0 Å². The van der Waals surface area contributed by atoms with Gasteiger partial charge in [0.25, 0.3) is 0 Å². The molecule has 1 aliphatic heterocycles. The summed E-state index contributed by atoms with van der Waals surface area (Å²) in [4.78, 5) is 34.6. The van der Waals surface area contributed by atoms with Gasteiger partial charge in [-0.1, -0.05) is 25.7 Å². The quantitative estimate of drug-likeness (QED) is 0.219. The molecule has 1 saturated heterocycles. The second-order valence-electron chi connectivity index (χ2n) is 7.46. The number of nitrogens with zero attached hydrogens (tertiary/aromatic N) is 1. The van der Waals surface area contributed by atoms with Crippen molar-refractivity contribution >= 4 is 17.8 Å². The predicted molar refractivity (Wildman–Crippen MR) is 124 cm³/mol. The molecule has 0 spiro atoms. The molecule has 1 aliphatic rings. The van der Waals surface area contributed by atoms with E-state index in [2.05, 4.69) is 40.0 Å². The van der Waals surface area contributed by atoms with Gasteiger partial charge in [0.2, 0.25) is 11.8 Å². The number of hydrogen-bond donors (Lipinski definition) is 3.